The lowest BCUT2D eigenvalue weighted by Crippen LogP contribution is -2.47. The van der Waals surface area contributed by atoms with Crippen LogP contribution >= 0.6 is 11.6 Å². The molecule has 0 bridgehead atoms. The maximum atomic E-state index is 12.1. The first kappa shape index (κ1) is 17.3. The molecule has 5 nitrogen and oxygen atoms in total. The van der Waals surface area contributed by atoms with Gasteiger partial charge in [-0.3, -0.25) is 0 Å². The Hall–Kier alpha value is -1.75. The van der Waals surface area contributed by atoms with Crippen LogP contribution in [0.4, 0.5) is 4.79 Å². The van der Waals surface area contributed by atoms with E-state index in [1.807, 2.05) is 32.0 Å². The maximum absolute atomic E-state index is 12.1. The van der Waals surface area contributed by atoms with Gasteiger partial charge in [0.15, 0.2) is 0 Å². The number of hydrogen-bond acceptors (Lipinski definition) is 2. The van der Waals surface area contributed by atoms with E-state index in [1.54, 1.807) is 13.1 Å². The number of carboxylic acid groups (broad SMARTS) is 1. The number of urea groups is 1. The Morgan fingerprint density at radius 3 is 2.48 bits per heavy atom. The van der Waals surface area contributed by atoms with E-state index in [2.05, 4.69) is 5.32 Å². The fraction of sp³-hybridized carbons (Fsp3) is 0.467. The van der Waals surface area contributed by atoms with Crippen LogP contribution in [0.5, 0.6) is 0 Å². The zero-order valence-electron chi connectivity index (χ0n) is 12.5. The number of hydrogen-bond donors (Lipinski definition) is 2. The molecule has 1 atom stereocenters. The molecule has 0 heterocycles. The molecule has 0 radical (unpaired) electrons. The van der Waals surface area contributed by atoms with E-state index in [4.69, 9.17) is 16.7 Å². The molecule has 0 aromatic heterocycles. The number of nitrogens with one attached hydrogen (secondary N) is 1. The number of halogens is 1. The zero-order chi connectivity index (χ0) is 16.0. The van der Waals surface area contributed by atoms with Gasteiger partial charge in [-0.15, -0.1) is 0 Å². The van der Waals surface area contributed by atoms with Crippen LogP contribution in [0.15, 0.2) is 24.3 Å². The minimum atomic E-state index is -1.02. The highest BCUT2D eigenvalue weighted by atomic mass is 35.5. The summed E-state index contributed by atoms with van der Waals surface area (Å²) in [7, 11) is 1.60. The number of benzene rings is 1. The predicted molar refractivity (Wildman–Crippen MR) is 82.3 cm³/mol. The van der Waals surface area contributed by atoms with Crippen LogP contribution in [0.1, 0.15) is 25.8 Å². The molecule has 2 N–H and O–H groups in total. The average molecular weight is 313 g/mol. The summed E-state index contributed by atoms with van der Waals surface area (Å²) in [6.45, 7) is 4.14. The van der Waals surface area contributed by atoms with E-state index >= 15 is 0 Å². The van der Waals surface area contributed by atoms with Gasteiger partial charge in [0.05, 0.1) is 0 Å². The van der Waals surface area contributed by atoms with Gasteiger partial charge in [0.1, 0.15) is 6.04 Å². The number of carbonyl (C=O) groups is 2. The third kappa shape index (κ3) is 5.63. The lowest BCUT2D eigenvalue weighted by molar-refractivity contribution is -0.139. The summed E-state index contributed by atoms with van der Waals surface area (Å²) in [4.78, 5) is 24.6. The first-order valence-corrected chi connectivity index (χ1v) is 7.17. The van der Waals surface area contributed by atoms with Crippen molar-refractivity contribution in [1.29, 1.82) is 0 Å². The molecule has 0 aliphatic rings. The molecule has 0 aliphatic heterocycles. The van der Waals surface area contributed by atoms with E-state index in [1.165, 1.54) is 4.90 Å². The van der Waals surface area contributed by atoms with E-state index in [-0.39, 0.29) is 5.92 Å². The summed E-state index contributed by atoms with van der Waals surface area (Å²) in [5.41, 5.74) is 0.813. The third-order valence-electron chi connectivity index (χ3n) is 3.01. The number of amides is 2. The van der Waals surface area contributed by atoms with Crippen LogP contribution < -0.4 is 5.32 Å². The van der Waals surface area contributed by atoms with Crippen LogP contribution in [-0.2, 0) is 11.3 Å². The summed E-state index contributed by atoms with van der Waals surface area (Å²) >= 11 is 6.05. The maximum Gasteiger partial charge on any atom is 0.326 e. The second-order valence-electron chi connectivity index (χ2n) is 5.42. The van der Waals surface area contributed by atoms with Crippen LogP contribution in [0.3, 0.4) is 0 Å². The second-order valence-corrected chi connectivity index (χ2v) is 5.82. The van der Waals surface area contributed by atoms with Crippen molar-refractivity contribution in [1.82, 2.24) is 10.2 Å². The molecule has 21 heavy (non-hydrogen) atoms. The normalized spacial score (nSPS) is 12.0. The summed E-state index contributed by atoms with van der Waals surface area (Å²) < 4.78 is 0. The van der Waals surface area contributed by atoms with Gasteiger partial charge in [0.2, 0.25) is 0 Å². The van der Waals surface area contributed by atoms with Gasteiger partial charge < -0.3 is 15.3 Å². The molecule has 1 unspecified atom stereocenters. The van der Waals surface area contributed by atoms with Gasteiger partial charge in [-0.05, 0) is 24.0 Å². The lowest BCUT2D eigenvalue weighted by atomic mass is 10.0. The minimum Gasteiger partial charge on any atom is -0.480 e. The van der Waals surface area contributed by atoms with E-state index < -0.39 is 18.0 Å². The molecule has 0 spiro atoms. The fourth-order valence-electron chi connectivity index (χ4n) is 1.91. The number of carbonyl (C=O) groups excluding carboxylic acids is 1. The molecular formula is C15H21ClN2O3. The summed E-state index contributed by atoms with van der Waals surface area (Å²) in [5, 5.41) is 12.2. The van der Waals surface area contributed by atoms with Gasteiger partial charge in [0, 0.05) is 18.6 Å². The minimum absolute atomic E-state index is 0.181. The highest BCUT2D eigenvalue weighted by Crippen LogP contribution is 2.16. The molecular weight excluding hydrogens is 292 g/mol. The zero-order valence-corrected chi connectivity index (χ0v) is 13.2. The highest BCUT2D eigenvalue weighted by molar-refractivity contribution is 6.31. The van der Waals surface area contributed by atoms with Crippen LogP contribution in [-0.4, -0.2) is 35.1 Å². The van der Waals surface area contributed by atoms with Crippen LogP contribution in [0.2, 0.25) is 5.02 Å². The van der Waals surface area contributed by atoms with Crippen molar-refractivity contribution < 1.29 is 14.7 Å². The Balaban J connectivity index is 2.65. The number of aliphatic carboxylic acids is 1. The summed E-state index contributed by atoms with van der Waals surface area (Å²) in [6, 6.07) is 5.92. The molecule has 1 rings (SSSR count). The topological polar surface area (TPSA) is 69.6 Å². The molecule has 2 amide bonds. The van der Waals surface area contributed by atoms with Crippen molar-refractivity contribution >= 4 is 23.6 Å². The van der Waals surface area contributed by atoms with Crippen molar-refractivity contribution in [3.8, 4) is 0 Å². The number of carboxylic acids is 1. The first-order chi connectivity index (χ1) is 9.81. The Kier molecular flexibility index (Phi) is 6.49. The van der Waals surface area contributed by atoms with Crippen molar-refractivity contribution in [2.75, 3.05) is 7.05 Å². The van der Waals surface area contributed by atoms with Gasteiger partial charge in [-0.2, -0.15) is 0 Å². The third-order valence-corrected chi connectivity index (χ3v) is 3.38. The molecule has 0 saturated carbocycles. The van der Waals surface area contributed by atoms with Crippen molar-refractivity contribution in [3.63, 3.8) is 0 Å². The molecule has 0 fully saturated rings. The van der Waals surface area contributed by atoms with E-state index in [0.717, 1.165) is 5.56 Å². The average Bonchev–Trinajstić information content (AvgIpc) is 2.39. The van der Waals surface area contributed by atoms with Crippen LogP contribution in [0, 0.1) is 5.92 Å². The largest absolute Gasteiger partial charge is 0.480 e. The Bertz CT molecular complexity index is 505. The molecule has 0 aliphatic carbocycles. The highest BCUT2D eigenvalue weighted by Gasteiger charge is 2.22. The number of rotatable bonds is 6. The van der Waals surface area contributed by atoms with Crippen molar-refractivity contribution in [2.24, 2.45) is 5.92 Å². The van der Waals surface area contributed by atoms with Gasteiger partial charge in [-0.25, -0.2) is 9.59 Å². The van der Waals surface area contributed by atoms with Crippen molar-refractivity contribution in [3.05, 3.63) is 34.9 Å². The summed E-state index contributed by atoms with van der Waals surface area (Å²) in [5.74, 6) is -0.844. The monoisotopic (exact) mass is 312 g/mol. The second kappa shape index (κ2) is 7.88. The number of nitrogens with zero attached hydrogens (tertiary/aromatic N) is 1. The van der Waals surface area contributed by atoms with E-state index in [0.29, 0.717) is 18.0 Å². The predicted octanol–water partition coefficient (Wildman–Crippen LogP) is 2.98. The van der Waals surface area contributed by atoms with E-state index in [9.17, 15) is 9.59 Å². The Morgan fingerprint density at radius 1 is 1.33 bits per heavy atom. The van der Waals surface area contributed by atoms with Gasteiger partial charge >= 0.3 is 12.0 Å². The molecule has 0 saturated heterocycles. The SMILES string of the molecule is CC(C)CC(NC(=O)N(C)Cc1ccccc1Cl)C(=O)O. The van der Waals surface area contributed by atoms with Crippen molar-refractivity contribution in [2.45, 2.75) is 32.9 Å². The Morgan fingerprint density at radius 2 is 1.95 bits per heavy atom. The first-order valence-electron chi connectivity index (χ1n) is 6.79. The summed E-state index contributed by atoms with van der Waals surface area (Å²) in [6.07, 6.45) is 0.390. The smallest absolute Gasteiger partial charge is 0.326 e. The van der Waals surface area contributed by atoms with Gasteiger partial charge in [0.25, 0.3) is 0 Å². The Labute approximate surface area is 129 Å². The quantitative estimate of drug-likeness (QED) is 0.848. The standard InChI is InChI=1S/C15H21ClN2O3/c1-10(2)8-13(14(19)20)17-15(21)18(3)9-11-6-4-5-7-12(11)16/h4-7,10,13H,8-9H2,1-3H3,(H,17,21)(H,19,20). The fourth-order valence-corrected chi connectivity index (χ4v) is 2.10. The van der Waals surface area contributed by atoms with Gasteiger partial charge in [-0.1, -0.05) is 43.6 Å². The lowest BCUT2D eigenvalue weighted by Gasteiger charge is -2.22. The molecule has 1 aromatic rings. The molecule has 116 valence electrons. The molecule has 6 heteroatoms. The molecule has 1 aromatic carbocycles. The van der Waals surface area contributed by atoms with Crippen LogP contribution in [0.25, 0.3) is 0 Å².